The van der Waals surface area contributed by atoms with E-state index < -0.39 is 0 Å². The van der Waals surface area contributed by atoms with Crippen LogP contribution in [0.25, 0.3) is 0 Å². The summed E-state index contributed by atoms with van der Waals surface area (Å²) in [5.74, 6) is 0.822. The maximum absolute atomic E-state index is 2.59. The number of hydrogen-bond acceptors (Lipinski definition) is 0. The first-order valence-electron chi connectivity index (χ1n) is 9.73. The lowest BCUT2D eigenvalue weighted by Gasteiger charge is -2.56. The molecule has 0 aliphatic carbocycles. The van der Waals surface area contributed by atoms with Gasteiger partial charge in [-0.25, -0.2) is 0 Å². The standard InChI is InChI=1S/C21H44/c1-10-16-20(8,14-5)18(19(7,12-3)13-4)21(9,15-6)17-11-2/h18H,10-17H2,1-9H3. The molecule has 2 atom stereocenters. The van der Waals surface area contributed by atoms with Crippen molar-refractivity contribution in [3.63, 3.8) is 0 Å². The van der Waals surface area contributed by atoms with Crippen molar-refractivity contribution in [1.82, 2.24) is 0 Å². The Bertz CT molecular complexity index is 256. The van der Waals surface area contributed by atoms with Gasteiger partial charge in [0.1, 0.15) is 0 Å². The summed E-state index contributed by atoms with van der Waals surface area (Å²) in [5, 5.41) is 0. The molecule has 21 heavy (non-hydrogen) atoms. The molecule has 0 aliphatic rings. The van der Waals surface area contributed by atoms with Crippen LogP contribution in [0.1, 0.15) is 114 Å². The third-order valence-electron chi connectivity index (χ3n) is 6.96. The van der Waals surface area contributed by atoms with Crippen molar-refractivity contribution in [1.29, 1.82) is 0 Å². The van der Waals surface area contributed by atoms with E-state index in [-0.39, 0.29) is 0 Å². The molecule has 0 amide bonds. The molecule has 0 nitrogen and oxygen atoms in total. The van der Waals surface area contributed by atoms with Gasteiger partial charge in [-0.05, 0) is 35.0 Å². The molecule has 0 aromatic carbocycles. The van der Waals surface area contributed by atoms with E-state index in [0.717, 1.165) is 5.92 Å². The molecule has 0 aromatic heterocycles. The molecule has 0 saturated heterocycles. The van der Waals surface area contributed by atoms with Crippen LogP contribution in [0.15, 0.2) is 0 Å². The molecule has 0 N–H and O–H groups in total. The second-order valence-electron chi connectivity index (χ2n) is 8.31. The van der Waals surface area contributed by atoms with Crippen molar-refractivity contribution in [2.45, 2.75) is 114 Å². The SMILES string of the molecule is CCCC(C)(CC)C(C(C)(CC)CC)C(C)(CC)CCC. The first-order valence-corrected chi connectivity index (χ1v) is 9.73. The molecule has 0 fully saturated rings. The molecule has 128 valence electrons. The smallest absolute Gasteiger partial charge is 0.0252 e. The Morgan fingerprint density at radius 2 is 0.810 bits per heavy atom. The summed E-state index contributed by atoms with van der Waals surface area (Å²) in [4.78, 5) is 0. The van der Waals surface area contributed by atoms with E-state index in [1.807, 2.05) is 0 Å². The molecule has 0 heteroatoms. The minimum atomic E-state index is 0.472. The van der Waals surface area contributed by atoms with Gasteiger partial charge < -0.3 is 0 Å². The summed E-state index contributed by atoms with van der Waals surface area (Å²) in [7, 11) is 0. The van der Waals surface area contributed by atoms with Gasteiger partial charge in [0.05, 0.1) is 0 Å². The molecule has 2 unspecified atom stereocenters. The van der Waals surface area contributed by atoms with Crippen LogP contribution in [-0.2, 0) is 0 Å². The van der Waals surface area contributed by atoms with Gasteiger partial charge in [0, 0.05) is 0 Å². The number of hydrogen-bond donors (Lipinski definition) is 0. The second-order valence-corrected chi connectivity index (χ2v) is 8.31. The predicted molar refractivity (Wildman–Crippen MR) is 98.8 cm³/mol. The Morgan fingerprint density at radius 1 is 0.524 bits per heavy atom. The highest BCUT2D eigenvalue weighted by atomic mass is 14.6. The van der Waals surface area contributed by atoms with E-state index in [1.165, 1.54) is 51.4 Å². The Labute approximate surface area is 136 Å². The van der Waals surface area contributed by atoms with Crippen molar-refractivity contribution in [2.75, 3.05) is 0 Å². The highest BCUT2D eigenvalue weighted by Crippen LogP contribution is 2.59. The quantitative estimate of drug-likeness (QED) is 0.364. The van der Waals surface area contributed by atoms with Crippen LogP contribution in [0.5, 0.6) is 0 Å². The van der Waals surface area contributed by atoms with Crippen LogP contribution >= 0.6 is 0 Å². The summed E-state index contributed by atoms with van der Waals surface area (Å²) in [6.45, 7) is 22.2. The third-order valence-corrected chi connectivity index (χ3v) is 6.96. The Kier molecular flexibility index (Phi) is 8.59. The Morgan fingerprint density at radius 3 is 1.00 bits per heavy atom. The van der Waals surface area contributed by atoms with Gasteiger partial charge in [-0.1, -0.05) is 101 Å². The maximum atomic E-state index is 2.59. The van der Waals surface area contributed by atoms with Crippen LogP contribution in [-0.4, -0.2) is 0 Å². The molecule has 0 radical (unpaired) electrons. The van der Waals surface area contributed by atoms with Crippen LogP contribution in [0, 0.1) is 22.2 Å². The maximum Gasteiger partial charge on any atom is -0.0252 e. The monoisotopic (exact) mass is 296 g/mol. The van der Waals surface area contributed by atoms with E-state index in [9.17, 15) is 0 Å². The summed E-state index contributed by atoms with van der Waals surface area (Å²) >= 11 is 0. The van der Waals surface area contributed by atoms with Crippen LogP contribution in [0.4, 0.5) is 0 Å². The summed E-state index contributed by atoms with van der Waals surface area (Å²) in [6.07, 6.45) is 10.7. The molecule has 0 bridgehead atoms. The zero-order valence-corrected chi connectivity index (χ0v) is 16.7. The van der Waals surface area contributed by atoms with Crippen LogP contribution < -0.4 is 0 Å². The van der Waals surface area contributed by atoms with E-state index >= 15 is 0 Å². The van der Waals surface area contributed by atoms with E-state index in [0.29, 0.717) is 16.2 Å². The Balaban J connectivity index is 5.99. The molecule has 0 aliphatic heterocycles. The molecule has 0 heterocycles. The first kappa shape index (κ1) is 21.0. The van der Waals surface area contributed by atoms with Crippen molar-refractivity contribution >= 4 is 0 Å². The zero-order chi connectivity index (χ0) is 16.7. The minimum absolute atomic E-state index is 0.472. The van der Waals surface area contributed by atoms with Crippen LogP contribution in [0.2, 0.25) is 0 Å². The van der Waals surface area contributed by atoms with Gasteiger partial charge in [-0.3, -0.25) is 0 Å². The Hall–Kier alpha value is 0. The second kappa shape index (κ2) is 8.59. The third kappa shape index (κ3) is 4.49. The lowest BCUT2D eigenvalue weighted by atomic mass is 9.48. The molecular formula is C21H44. The van der Waals surface area contributed by atoms with Crippen molar-refractivity contribution < 1.29 is 0 Å². The van der Waals surface area contributed by atoms with Gasteiger partial charge in [0.25, 0.3) is 0 Å². The molecular weight excluding hydrogens is 252 g/mol. The summed E-state index contributed by atoms with van der Waals surface area (Å²) < 4.78 is 0. The van der Waals surface area contributed by atoms with Gasteiger partial charge in [0.2, 0.25) is 0 Å². The van der Waals surface area contributed by atoms with E-state index in [1.54, 1.807) is 0 Å². The van der Waals surface area contributed by atoms with Crippen molar-refractivity contribution in [3.05, 3.63) is 0 Å². The lowest BCUT2D eigenvalue weighted by molar-refractivity contribution is -0.0729. The predicted octanol–water partition coefficient (Wildman–Crippen LogP) is 7.86. The molecule has 0 saturated carbocycles. The average Bonchev–Trinajstić information content (AvgIpc) is 2.47. The topological polar surface area (TPSA) is 0 Å². The zero-order valence-electron chi connectivity index (χ0n) is 16.7. The van der Waals surface area contributed by atoms with Gasteiger partial charge in [0.15, 0.2) is 0 Å². The molecule has 0 aromatic rings. The van der Waals surface area contributed by atoms with Gasteiger partial charge in [-0.2, -0.15) is 0 Å². The van der Waals surface area contributed by atoms with Crippen molar-refractivity contribution in [2.24, 2.45) is 22.2 Å². The first-order chi connectivity index (χ1) is 9.73. The van der Waals surface area contributed by atoms with E-state index in [2.05, 4.69) is 62.3 Å². The minimum Gasteiger partial charge on any atom is -0.0654 e. The lowest BCUT2D eigenvalue weighted by Crippen LogP contribution is -2.48. The van der Waals surface area contributed by atoms with Gasteiger partial charge in [-0.15, -0.1) is 0 Å². The van der Waals surface area contributed by atoms with Gasteiger partial charge >= 0.3 is 0 Å². The summed E-state index contributed by atoms with van der Waals surface area (Å²) in [5.41, 5.74) is 1.44. The van der Waals surface area contributed by atoms with Crippen molar-refractivity contribution in [3.8, 4) is 0 Å². The molecule has 0 spiro atoms. The largest absolute Gasteiger partial charge is 0.0654 e. The fourth-order valence-corrected chi connectivity index (χ4v) is 5.37. The highest BCUT2D eigenvalue weighted by molar-refractivity contribution is 5.00. The fraction of sp³-hybridized carbons (Fsp3) is 1.00. The number of rotatable bonds is 11. The average molecular weight is 297 g/mol. The van der Waals surface area contributed by atoms with E-state index in [4.69, 9.17) is 0 Å². The molecule has 0 rings (SSSR count). The normalized spacial score (nSPS) is 19.9. The van der Waals surface area contributed by atoms with Crippen LogP contribution in [0.3, 0.4) is 0 Å². The highest BCUT2D eigenvalue weighted by Gasteiger charge is 2.50. The summed E-state index contributed by atoms with van der Waals surface area (Å²) in [6, 6.07) is 0. The fourth-order valence-electron chi connectivity index (χ4n) is 5.37.